The Morgan fingerprint density at radius 1 is 1.25 bits per heavy atom. The van der Waals surface area contributed by atoms with Crippen molar-refractivity contribution in [3.8, 4) is 0 Å². The van der Waals surface area contributed by atoms with Crippen molar-refractivity contribution in [1.29, 1.82) is 0 Å². The van der Waals surface area contributed by atoms with Gasteiger partial charge in [0, 0.05) is 24.3 Å². The lowest BCUT2D eigenvalue weighted by Gasteiger charge is -2.08. The van der Waals surface area contributed by atoms with Crippen LogP contribution in [-0.4, -0.2) is 22.2 Å². The summed E-state index contributed by atoms with van der Waals surface area (Å²) in [4.78, 5) is 12.2. The van der Waals surface area contributed by atoms with Crippen molar-refractivity contribution < 1.29 is 9.18 Å². The Kier molecular flexibility index (Phi) is 6.12. The lowest BCUT2D eigenvalue weighted by Crippen LogP contribution is -2.27. The van der Waals surface area contributed by atoms with E-state index in [9.17, 15) is 9.18 Å². The van der Waals surface area contributed by atoms with E-state index in [0.717, 1.165) is 29.1 Å². The highest BCUT2D eigenvalue weighted by molar-refractivity contribution is 5.79. The molecular formula is C19H26FN3O. The van der Waals surface area contributed by atoms with Crippen LogP contribution in [0, 0.1) is 25.6 Å². The minimum Gasteiger partial charge on any atom is -0.355 e. The molecule has 2 aromatic rings. The smallest absolute Gasteiger partial charge is 0.224 e. The van der Waals surface area contributed by atoms with E-state index in [0.29, 0.717) is 25.3 Å². The topological polar surface area (TPSA) is 46.9 Å². The predicted octanol–water partition coefficient (Wildman–Crippen LogP) is 3.20. The highest BCUT2D eigenvalue weighted by Crippen LogP contribution is 2.15. The number of aryl methyl sites for hydroxylation is 1. The van der Waals surface area contributed by atoms with Gasteiger partial charge in [-0.25, -0.2) is 4.39 Å². The Labute approximate surface area is 143 Å². The van der Waals surface area contributed by atoms with E-state index in [1.54, 1.807) is 12.1 Å². The molecule has 1 aromatic carbocycles. The second kappa shape index (κ2) is 8.08. The Hall–Kier alpha value is -2.17. The van der Waals surface area contributed by atoms with Crippen LogP contribution >= 0.6 is 0 Å². The van der Waals surface area contributed by atoms with E-state index in [-0.39, 0.29) is 11.7 Å². The van der Waals surface area contributed by atoms with Gasteiger partial charge in [0.05, 0.1) is 12.1 Å². The molecule has 0 bridgehead atoms. The van der Waals surface area contributed by atoms with Crippen LogP contribution < -0.4 is 5.32 Å². The van der Waals surface area contributed by atoms with Gasteiger partial charge in [-0.15, -0.1) is 0 Å². The molecule has 2 rings (SSSR count). The van der Waals surface area contributed by atoms with Gasteiger partial charge in [-0.1, -0.05) is 26.0 Å². The number of hydrogen-bond acceptors (Lipinski definition) is 2. The Bertz CT molecular complexity index is 689. The van der Waals surface area contributed by atoms with E-state index < -0.39 is 0 Å². The zero-order valence-corrected chi connectivity index (χ0v) is 14.9. The maximum absolute atomic E-state index is 12.9. The third-order valence-corrected chi connectivity index (χ3v) is 4.06. The summed E-state index contributed by atoms with van der Waals surface area (Å²) in [6, 6.07) is 6.36. The number of amides is 1. The Balaban J connectivity index is 1.88. The molecule has 24 heavy (non-hydrogen) atoms. The van der Waals surface area contributed by atoms with Crippen molar-refractivity contribution in [3.63, 3.8) is 0 Å². The van der Waals surface area contributed by atoms with E-state index in [1.807, 2.05) is 18.5 Å². The summed E-state index contributed by atoms with van der Waals surface area (Å²) < 4.78 is 14.8. The molecule has 0 aliphatic rings. The van der Waals surface area contributed by atoms with Gasteiger partial charge >= 0.3 is 0 Å². The van der Waals surface area contributed by atoms with E-state index >= 15 is 0 Å². The van der Waals surface area contributed by atoms with Gasteiger partial charge in [0.25, 0.3) is 0 Å². The monoisotopic (exact) mass is 331 g/mol. The fourth-order valence-electron chi connectivity index (χ4n) is 2.73. The molecule has 0 unspecified atom stereocenters. The van der Waals surface area contributed by atoms with E-state index in [2.05, 4.69) is 24.3 Å². The average molecular weight is 331 g/mol. The molecule has 1 amide bonds. The number of nitrogens with one attached hydrogen (secondary N) is 1. The minimum atomic E-state index is -0.243. The van der Waals surface area contributed by atoms with Crippen LogP contribution in [0.5, 0.6) is 0 Å². The maximum atomic E-state index is 12.9. The average Bonchev–Trinajstić information content (AvgIpc) is 2.76. The number of aromatic nitrogens is 2. The highest BCUT2D eigenvalue weighted by Gasteiger charge is 2.15. The van der Waals surface area contributed by atoms with Crippen LogP contribution in [0.1, 0.15) is 36.4 Å². The van der Waals surface area contributed by atoms with E-state index in [4.69, 9.17) is 0 Å². The number of nitrogens with zero attached hydrogens (tertiary/aromatic N) is 2. The van der Waals surface area contributed by atoms with Crippen molar-refractivity contribution in [3.05, 3.63) is 52.6 Å². The van der Waals surface area contributed by atoms with Crippen molar-refractivity contribution in [2.45, 2.75) is 47.1 Å². The summed E-state index contributed by atoms with van der Waals surface area (Å²) in [7, 11) is 0. The van der Waals surface area contributed by atoms with Crippen LogP contribution in [0.3, 0.4) is 0 Å². The summed E-state index contributed by atoms with van der Waals surface area (Å²) in [5, 5.41) is 7.47. The van der Waals surface area contributed by atoms with Gasteiger partial charge in [-0.3, -0.25) is 9.48 Å². The number of hydrogen-bond donors (Lipinski definition) is 1. The highest BCUT2D eigenvalue weighted by atomic mass is 19.1. The first-order valence-electron chi connectivity index (χ1n) is 8.41. The fourth-order valence-corrected chi connectivity index (χ4v) is 2.73. The minimum absolute atomic E-state index is 0.00703. The third-order valence-electron chi connectivity index (χ3n) is 4.06. The molecule has 0 aliphatic heterocycles. The van der Waals surface area contributed by atoms with Gasteiger partial charge in [0.1, 0.15) is 5.82 Å². The first-order valence-corrected chi connectivity index (χ1v) is 8.41. The molecule has 4 nitrogen and oxygen atoms in total. The second-order valence-corrected chi connectivity index (χ2v) is 6.63. The number of halogens is 1. The molecule has 1 aromatic heterocycles. The standard InChI is InChI=1S/C19H26FN3O/c1-13(2)12-23-15(4)18(14(3)22-23)11-19(24)21-10-9-16-5-7-17(20)8-6-16/h5-8,13H,9-12H2,1-4H3,(H,21,24). The third kappa shape index (κ3) is 4.91. The van der Waals surface area contributed by atoms with Gasteiger partial charge in [-0.2, -0.15) is 5.10 Å². The molecule has 0 radical (unpaired) electrons. The van der Waals surface area contributed by atoms with Gasteiger partial charge in [-0.05, 0) is 43.9 Å². The molecule has 0 saturated carbocycles. The summed E-state index contributed by atoms with van der Waals surface area (Å²) >= 11 is 0. The number of benzene rings is 1. The van der Waals surface area contributed by atoms with Gasteiger partial charge in [0.15, 0.2) is 0 Å². The normalized spacial score (nSPS) is 11.1. The lowest BCUT2D eigenvalue weighted by atomic mass is 10.1. The van der Waals surface area contributed by atoms with Crippen LogP contribution in [0.4, 0.5) is 4.39 Å². The van der Waals surface area contributed by atoms with Crippen LogP contribution in [0.2, 0.25) is 0 Å². The molecule has 0 atom stereocenters. The first-order chi connectivity index (χ1) is 11.4. The molecule has 1 N–H and O–H groups in total. The second-order valence-electron chi connectivity index (χ2n) is 6.63. The molecule has 0 saturated heterocycles. The Morgan fingerprint density at radius 3 is 2.54 bits per heavy atom. The molecular weight excluding hydrogens is 305 g/mol. The van der Waals surface area contributed by atoms with Gasteiger partial charge < -0.3 is 5.32 Å². The van der Waals surface area contributed by atoms with Crippen LogP contribution in [0.15, 0.2) is 24.3 Å². The molecule has 0 fully saturated rings. The predicted molar refractivity (Wildman–Crippen MR) is 93.4 cm³/mol. The van der Waals surface area contributed by atoms with E-state index in [1.165, 1.54) is 12.1 Å². The zero-order chi connectivity index (χ0) is 17.7. The largest absolute Gasteiger partial charge is 0.355 e. The number of rotatable bonds is 7. The van der Waals surface area contributed by atoms with Crippen molar-refractivity contribution in [1.82, 2.24) is 15.1 Å². The maximum Gasteiger partial charge on any atom is 0.224 e. The van der Waals surface area contributed by atoms with Crippen molar-refractivity contribution in [2.75, 3.05) is 6.54 Å². The van der Waals surface area contributed by atoms with Crippen molar-refractivity contribution in [2.24, 2.45) is 5.92 Å². The summed E-state index contributed by atoms with van der Waals surface area (Å²) in [5.74, 6) is 0.264. The van der Waals surface area contributed by atoms with Gasteiger partial charge in [0.2, 0.25) is 5.91 Å². The molecule has 1 heterocycles. The Morgan fingerprint density at radius 2 is 1.92 bits per heavy atom. The van der Waals surface area contributed by atoms with Crippen LogP contribution in [0.25, 0.3) is 0 Å². The molecule has 130 valence electrons. The quantitative estimate of drug-likeness (QED) is 0.847. The summed E-state index contributed by atoms with van der Waals surface area (Å²) in [5.41, 5.74) is 4.00. The summed E-state index contributed by atoms with van der Waals surface area (Å²) in [6.07, 6.45) is 1.04. The molecule has 0 spiro atoms. The lowest BCUT2D eigenvalue weighted by molar-refractivity contribution is -0.120. The molecule has 0 aliphatic carbocycles. The first kappa shape index (κ1) is 18.2. The summed E-state index contributed by atoms with van der Waals surface area (Å²) in [6.45, 7) is 9.67. The molecule has 5 heteroatoms. The fraction of sp³-hybridized carbons (Fsp3) is 0.474. The number of carbonyl (C=O) groups excluding carboxylic acids is 1. The number of carbonyl (C=O) groups is 1. The zero-order valence-electron chi connectivity index (χ0n) is 14.9. The van der Waals surface area contributed by atoms with Crippen LogP contribution in [-0.2, 0) is 24.2 Å². The SMILES string of the molecule is Cc1nn(CC(C)C)c(C)c1CC(=O)NCCc1ccc(F)cc1. The van der Waals surface area contributed by atoms with Crippen molar-refractivity contribution >= 4 is 5.91 Å².